The molecule has 0 fully saturated rings. The van der Waals surface area contributed by atoms with Crippen LogP contribution in [0.15, 0.2) is 78.9 Å². The minimum absolute atomic E-state index is 0.319. The van der Waals surface area contributed by atoms with Gasteiger partial charge in [0.05, 0.1) is 0 Å². The van der Waals surface area contributed by atoms with E-state index in [-0.39, 0.29) is 0 Å². The van der Waals surface area contributed by atoms with Gasteiger partial charge in [0.2, 0.25) is 0 Å². The fraction of sp³-hybridized carbons (Fsp3) is 0.0526. The molecule has 4 nitrogen and oxygen atoms in total. The van der Waals surface area contributed by atoms with Crippen molar-refractivity contribution in [3.05, 3.63) is 94.5 Å². The van der Waals surface area contributed by atoms with Crippen LogP contribution in [0.1, 0.15) is 5.56 Å². The first-order chi connectivity index (χ1) is 12.5. The van der Waals surface area contributed by atoms with E-state index >= 15 is 0 Å². The van der Waals surface area contributed by atoms with Crippen molar-refractivity contribution in [1.82, 2.24) is 5.09 Å². The maximum Gasteiger partial charge on any atom is 0.513 e. The molecule has 3 rings (SSSR count). The SMILES string of the molecule is O=P(NCc1ccccc1)(Oc1ccc(Cl)cc1)Oc1ccc(Cl)cc1. The second-order valence-electron chi connectivity index (χ2n) is 5.41. The second kappa shape index (κ2) is 8.61. The lowest BCUT2D eigenvalue weighted by Gasteiger charge is -2.20. The summed E-state index contributed by atoms with van der Waals surface area (Å²) < 4.78 is 24.6. The highest BCUT2D eigenvalue weighted by Crippen LogP contribution is 2.45. The molecule has 0 unspecified atom stereocenters. The molecule has 134 valence electrons. The highest BCUT2D eigenvalue weighted by Gasteiger charge is 2.28. The summed E-state index contributed by atoms with van der Waals surface area (Å²) in [5.74, 6) is 0.763. The van der Waals surface area contributed by atoms with E-state index in [1.54, 1.807) is 48.5 Å². The highest BCUT2D eigenvalue weighted by atomic mass is 35.5. The molecule has 0 saturated carbocycles. The number of hydrogen-bond donors (Lipinski definition) is 1. The molecule has 7 heteroatoms. The first kappa shape index (κ1) is 18.8. The lowest BCUT2D eigenvalue weighted by molar-refractivity contribution is 0.370. The molecule has 3 aromatic carbocycles. The smallest absolute Gasteiger partial charge is 0.405 e. The quantitative estimate of drug-likeness (QED) is 0.463. The molecule has 3 aromatic rings. The van der Waals surface area contributed by atoms with Gasteiger partial charge in [-0.1, -0.05) is 53.5 Å². The van der Waals surface area contributed by atoms with Crippen LogP contribution in [0.2, 0.25) is 10.0 Å². The molecule has 0 aliphatic carbocycles. The molecule has 0 radical (unpaired) electrons. The Bertz CT molecular complexity index is 835. The molecule has 0 saturated heterocycles. The van der Waals surface area contributed by atoms with Gasteiger partial charge in [0.25, 0.3) is 0 Å². The van der Waals surface area contributed by atoms with Gasteiger partial charge in [0.1, 0.15) is 11.5 Å². The Labute approximate surface area is 162 Å². The number of benzene rings is 3. The van der Waals surface area contributed by atoms with Gasteiger partial charge in [-0.3, -0.25) is 0 Å². The molecule has 0 aliphatic heterocycles. The topological polar surface area (TPSA) is 47.6 Å². The Morgan fingerprint density at radius 2 is 1.19 bits per heavy atom. The van der Waals surface area contributed by atoms with E-state index < -0.39 is 7.75 Å². The standard InChI is InChI=1S/C19H16Cl2NO3P/c20-16-6-10-18(11-7-16)24-26(23,22-14-15-4-2-1-3-5-15)25-19-12-8-17(21)9-13-19/h1-13H,14H2,(H,22,23). The van der Waals surface area contributed by atoms with Crippen LogP contribution < -0.4 is 14.1 Å². The summed E-state index contributed by atoms with van der Waals surface area (Å²) in [7, 11) is -3.69. The number of halogens is 2. The lowest BCUT2D eigenvalue weighted by atomic mass is 10.2. The Kier molecular flexibility index (Phi) is 6.23. The van der Waals surface area contributed by atoms with E-state index in [0.29, 0.717) is 28.1 Å². The summed E-state index contributed by atoms with van der Waals surface area (Å²) >= 11 is 11.8. The molecule has 0 amide bonds. The van der Waals surface area contributed by atoms with E-state index in [4.69, 9.17) is 32.2 Å². The molecule has 0 bridgehead atoms. The maximum absolute atomic E-state index is 13.3. The Morgan fingerprint density at radius 1 is 0.731 bits per heavy atom. The minimum atomic E-state index is -3.69. The summed E-state index contributed by atoms with van der Waals surface area (Å²) in [4.78, 5) is 0. The van der Waals surface area contributed by atoms with Crippen molar-refractivity contribution in [2.24, 2.45) is 0 Å². The monoisotopic (exact) mass is 407 g/mol. The van der Waals surface area contributed by atoms with Crippen LogP contribution in [-0.4, -0.2) is 0 Å². The average Bonchev–Trinajstić information content (AvgIpc) is 2.65. The molecule has 0 aromatic heterocycles. The van der Waals surface area contributed by atoms with E-state index in [1.165, 1.54) is 0 Å². The first-order valence-electron chi connectivity index (χ1n) is 7.82. The third-order valence-electron chi connectivity index (χ3n) is 3.40. The van der Waals surface area contributed by atoms with Crippen molar-refractivity contribution in [2.75, 3.05) is 0 Å². The number of hydrogen-bond acceptors (Lipinski definition) is 3. The van der Waals surface area contributed by atoms with Gasteiger partial charge in [-0.05, 0) is 54.1 Å². The molecule has 0 spiro atoms. The van der Waals surface area contributed by atoms with Crippen LogP contribution in [0.5, 0.6) is 11.5 Å². The van der Waals surface area contributed by atoms with Crippen LogP contribution in [0.25, 0.3) is 0 Å². The van der Waals surface area contributed by atoms with E-state index in [1.807, 2.05) is 30.3 Å². The zero-order valence-electron chi connectivity index (χ0n) is 13.6. The molecule has 0 aliphatic rings. The third kappa shape index (κ3) is 5.52. The normalized spacial score (nSPS) is 11.2. The highest BCUT2D eigenvalue weighted by molar-refractivity contribution is 7.52. The van der Waals surface area contributed by atoms with Gasteiger partial charge in [0.15, 0.2) is 0 Å². The number of nitrogens with one attached hydrogen (secondary N) is 1. The molecule has 26 heavy (non-hydrogen) atoms. The van der Waals surface area contributed by atoms with Crippen molar-refractivity contribution in [1.29, 1.82) is 0 Å². The van der Waals surface area contributed by atoms with Crippen molar-refractivity contribution < 1.29 is 13.6 Å². The summed E-state index contributed by atoms with van der Waals surface area (Å²) in [6.45, 7) is 0.319. The van der Waals surface area contributed by atoms with Gasteiger partial charge in [-0.2, -0.15) is 5.09 Å². The molecule has 1 N–H and O–H groups in total. The van der Waals surface area contributed by atoms with Gasteiger partial charge in [-0.25, -0.2) is 4.57 Å². The lowest BCUT2D eigenvalue weighted by Crippen LogP contribution is -2.18. The van der Waals surface area contributed by atoms with Gasteiger partial charge < -0.3 is 9.05 Å². The molecular formula is C19H16Cl2NO3P. The minimum Gasteiger partial charge on any atom is -0.405 e. The second-order valence-corrected chi connectivity index (χ2v) is 7.96. The van der Waals surface area contributed by atoms with Crippen LogP contribution in [0.4, 0.5) is 0 Å². The van der Waals surface area contributed by atoms with Gasteiger partial charge >= 0.3 is 7.75 Å². The fourth-order valence-corrected chi connectivity index (χ4v) is 3.73. The predicted octanol–water partition coefficient (Wildman–Crippen LogP) is 6.35. The van der Waals surface area contributed by atoms with Crippen LogP contribution in [-0.2, 0) is 11.1 Å². The Morgan fingerprint density at radius 3 is 1.65 bits per heavy atom. The van der Waals surface area contributed by atoms with Gasteiger partial charge in [-0.15, -0.1) is 0 Å². The van der Waals surface area contributed by atoms with Crippen molar-refractivity contribution in [2.45, 2.75) is 6.54 Å². The zero-order chi connectivity index (χ0) is 18.4. The molecular weight excluding hydrogens is 392 g/mol. The number of rotatable bonds is 7. The molecule has 0 atom stereocenters. The Hall–Kier alpha value is -1.97. The van der Waals surface area contributed by atoms with Crippen LogP contribution in [0, 0.1) is 0 Å². The van der Waals surface area contributed by atoms with E-state index in [9.17, 15) is 4.57 Å². The maximum atomic E-state index is 13.3. The van der Waals surface area contributed by atoms with Crippen molar-refractivity contribution >= 4 is 30.9 Å². The first-order valence-corrected chi connectivity index (χ1v) is 10.1. The summed E-state index contributed by atoms with van der Waals surface area (Å²) in [6.07, 6.45) is 0. The van der Waals surface area contributed by atoms with Crippen LogP contribution >= 0.6 is 30.9 Å². The summed E-state index contributed by atoms with van der Waals surface area (Å²) in [5, 5.41) is 4.00. The summed E-state index contributed by atoms with van der Waals surface area (Å²) in [5.41, 5.74) is 0.951. The summed E-state index contributed by atoms with van der Waals surface area (Å²) in [6, 6.07) is 22.7. The van der Waals surface area contributed by atoms with Crippen molar-refractivity contribution in [3.8, 4) is 11.5 Å². The largest absolute Gasteiger partial charge is 0.513 e. The van der Waals surface area contributed by atoms with Gasteiger partial charge in [0, 0.05) is 16.6 Å². The van der Waals surface area contributed by atoms with Crippen LogP contribution in [0.3, 0.4) is 0 Å². The van der Waals surface area contributed by atoms with Crippen molar-refractivity contribution in [3.63, 3.8) is 0 Å². The average molecular weight is 408 g/mol. The van der Waals surface area contributed by atoms with E-state index in [2.05, 4.69) is 5.09 Å². The zero-order valence-corrected chi connectivity index (χ0v) is 16.0. The molecule has 0 heterocycles. The fourth-order valence-electron chi connectivity index (χ4n) is 2.14. The predicted molar refractivity (Wildman–Crippen MR) is 105 cm³/mol. The third-order valence-corrected chi connectivity index (χ3v) is 5.35. The van der Waals surface area contributed by atoms with E-state index in [0.717, 1.165) is 5.56 Å². The Balaban J connectivity index is 1.80.